The molecule has 0 aliphatic carbocycles. The van der Waals surface area contributed by atoms with Gasteiger partial charge in [0.1, 0.15) is 5.78 Å². The molecule has 0 heterocycles. The molecular weight excluding hydrogens is 338 g/mol. The second-order valence-electron chi connectivity index (χ2n) is 10.7. The Morgan fingerprint density at radius 3 is 1.69 bits per heavy atom. The number of ketones is 1. The molecule has 154 valence electrons. The van der Waals surface area contributed by atoms with Crippen LogP contribution < -0.4 is 0 Å². The first-order valence-corrected chi connectivity index (χ1v) is 11.0. The lowest BCUT2D eigenvalue weighted by molar-refractivity contribution is -0.147. The molecule has 0 bridgehead atoms. The van der Waals surface area contributed by atoms with Gasteiger partial charge in [0, 0.05) is 30.8 Å². The van der Waals surface area contributed by atoms with Crippen molar-refractivity contribution in [1.29, 1.82) is 0 Å². The number of Topliss-reactive ketones (excluding diaryl/α,β-unsaturated/α-hetero) is 1. The Balaban J connectivity index is 5.79. The van der Waals surface area contributed by atoms with Gasteiger partial charge in [-0.25, -0.2) is 0 Å². The normalized spacial score (nSPS) is 17.1. The number of hydrogen-bond donors (Lipinski definition) is 0. The van der Waals surface area contributed by atoms with Crippen LogP contribution in [0.3, 0.4) is 0 Å². The highest BCUT2D eigenvalue weighted by atomic mass is 32.2. The van der Waals surface area contributed by atoms with Crippen molar-refractivity contribution in [3.63, 3.8) is 0 Å². The number of carbonyl (C=O) groups excluding carboxylic acids is 1. The molecule has 2 atom stereocenters. The molecule has 0 aliphatic rings. The fraction of sp³-hybridized carbons (Fsp3) is 0.870. The average molecular weight is 384 g/mol. The molecule has 2 nitrogen and oxygen atoms in total. The Bertz CT molecular complexity index is 523. The predicted molar refractivity (Wildman–Crippen MR) is 119 cm³/mol. The van der Waals surface area contributed by atoms with Crippen molar-refractivity contribution < 1.29 is 4.79 Å². The van der Waals surface area contributed by atoms with Crippen LogP contribution in [-0.4, -0.2) is 23.4 Å². The Hall–Kier alpha value is -0.440. The maximum Gasteiger partial charge on any atom is 0.142 e. The molecule has 0 fully saturated rings. The second kappa shape index (κ2) is 8.29. The largest absolute Gasteiger partial charge is 0.327 e. The average Bonchev–Trinajstić information content (AvgIpc) is 2.50. The highest BCUT2D eigenvalue weighted by molar-refractivity contribution is 7.96. The van der Waals surface area contributed by atoms with Crippen molar-refractivity contribution in [3.05, 3.63) is 11.8 Å². The van der Waals surface area contributed by atoms with Gasteiger partial charge in [0.25, 0.3) is 0 Å². The molecule has 0 aliphatic heterocycles. The molecule has 0 aromatic heterocycles. The maximum atomic E-state index is 13.7. The lowest BCUT2D eigenvalue weighted by atomic mass is 9.51. The van der Waals surface area contributed by atoms with Crippen molar-refractivity contribution in [2.75, 3.05) is 13.3 Å². The Morgan fingerprint density at radius 1 is 0.923 bits per heavy atom. The maximum absolute atomic E-state index is 13.7. The van der Waals surface area contributed by atoms with E-state index in [0.717, 1.165) is 0 Å². The third kappa shape index (κ3) is 4.88. The number of carbonyl (C=O) groups is 1. The summed E-state index contributed by atoms with van der Waals surface area (Å²) in [5.41, 5.74) is 0.768. The van der Waals surface area contributed by atoms with E-state index in [1.165, 1.54) is 5.57 Å². The number of hydrogen-bond acceptors (Lipinski definition) is 3. The lowest BCUT2D eigenvalue weighted by Crippen LogP contribution is -2.51. The zero-order chi connectivity index (χ0) is 21.3. The molecule has 2 unspecified atom stereocenters. The Morgan fingerprint density at radius 2 is 1.35 bits per heavy atom. The summed E-state index contributed by atoms with van der Waals surface area (Å²) in [5.74, 6) is 0.682. The topological polar surface area (TPSA) is 20.3 Å². The molecule has 0 aromatic rings. The van der Waals surface area contributed by atoms with Gasteiger partial charge in [-0.15, -0.1) is 0 Å². The fourth-order valence-electron chi connectivity index (χ4n) is 3.54. The monoisotopic (exact) mass is 383 g/mol. The van der Waals surface area contributed by atoms with Crippen LogP contribution in [0.15, 0.2) is 11.8 Å². The third-order valence-corrected chi connectivity index (χ3v) is 8.72. The van der Waals surface area contributed by atoms with E-state index in [-0.39, 0.29) is 22.2 Å². The molecule has 0 N–H and O–H groups in total. The zero-order valence-corrected chi connectivity index (χ0v) is 20.8. The van der Waals surface area contributed by atoms with Crippen molar-refractivity contribution in [2.45, 2.75) is 83.1 Å². The molecule has 26 heavy (non-hydrogen) atoms. The van der Waals surface area contributed by atoms with Crippen LogP contribution in [0.5, 0.6) is 0 Å². The first kappa shape index (κ1) is 25.6. The van der Waals surface area contributed by atoms with Gasteiger partial charge in [0.05, 0.1) is 0 Å². The summed E-state index contributed by atoms with van der Waals surface area (Å²) in [6, 6.07) is 0. The van der Waals surface area contributed by atoms with Crippen molar-refractivity contribution >= 4 is 17.7 Å². The zero-order valence-electron chi connectivity index (χ0n) is 20.0. The first-order chi connectivity index (χ1) is 11.4. The molecule has 3 heteroatoms. The molecule has 0 aromatic carbocycles. The van der Waals surface area contributed by atoms with Gasteiger partial charge < -0.3 is 4.31 Å². The predicted octanol–water partition coefficient (Wildman–Crippen LogP) is 7.07. The van der Waals surface area contributed by atoms with Crippen LogP contribution in [-0.2, 0) is 4.79 Å². The number of nitrogens with zero attached hydrogens (tertiary/aromatic N) is 1. The molecule has 0 rings (SSSR count). The summed E-state index contributed by atoms with van der Waals surface area (Å²) < 4.78 is 2.13. The van der Waals surface area contributed by atoms with Gasteiger partial charge in [-0.05, 0) is 29.1 Å². The highest BCUT2D eigenvalue weighted by Gasteiger charge is 2.52. The summed E-state index contributed by atoms with van der Waals surface area (Å²) in [6.07, 6.45) is 4.27. The third-order valence-electron chi connectivity index (χ3n) is 8.04. The van der Waals surface area contributed by atoms with Crippen LogP contribution in [0.4, 0.5) is 0 Å². The minimum Gasteiger partial charge on any atom is -0.327 e. The van der Waals surface area contributed by atoms with Crippen LogP contribution in [0, 0.1) is 33.5 Å². The smallest absolute Gasteiger partial charge is 0.142 e. The molecular formula is C23H45NOS. The second-order valence-corrected chi connectivity index (χ2v) is 11.7. The minimum atomic E-state index is -0.394. The van der Waals surface area contributed by atoms with Gasteiger partial charge in [-0.2, -0.15) is 0 Å². The van der Waals surface area contributed by atoms with Gasteiger partial charge >= 0.3 is 0 Å². The Kier molecular flexibility index (Phi) is 8.15. The molecule has 0 saturated heterocycles. The van der Waals surface area contributed by atoms with Gasteiger partial charge in [-0.1, -0.05) is 93.7 Å². The number of allylic oxidation sites excluding steroid dienone is 1. The van der Waals surface area contributed by atoms with E-state index in [2.05, 4.69) is 107 Å². The highest BCUT2D eigenvalue weighted by Crippen LogP contribution is 2.54. The quantitative estimate of drug-likeness (QED) is 0.418. The van der Waals surface area contributed by atoms with E-state index in [0.29, 0.717) is 11.7 Å². The summed E-state index contributed by atoms with van der Waals surface area (Å²) in [4.78, 5) is 13.7. The van der Waals surface area contributed by atoms with Crippen LogP contribution in [0.1, 0.15) is 83.1 Å². The van der Waals surface area contributed by atoms with E-state index in [9.17, 15) is 4.79 Å². The van der Waals surface area contributed by atoms with Crippen LogP contribution in [0.2, 0.25) is 0 Å². The lowest BCUT2D eigenvalue weighted by Gasteiger charge is -2.52. The fourth-order valence-corrected chi connectivity index (χ4v) is 3.81. The standard InChI is InChI=1S/C23H45NOS/c1-16(15-24(13)26-14)17(2)21(7,8)18(3)19(25)22(9,10)23(11,12)20(4,5)6/h15,17-18H,1-14H3/b16-15-. The Labute approximate surface area is 168 Å². The molecule has 0 radical (unpaired) electrons. The molecule has 0 saturated carbocycles. The SMILES string of the molecule is CSN(C)/C=C(/C)C(C)C(C)(C)C(C)C(=O)C(C)(C)C(C)(C)C(C)(C)C. The molecule has 0 spiro atoms. The molecule has 0 amide bonds. The van der Waals surface area contributed by atoms with Crippen molar-refractivity contribution in [3.8, 4) is 0 Å². The van der Waals surface area contributed by atoms with Gasteiger partial charge in [0.15, 0.2) is 0 Å². The summed E-state index contributed by atoms with van der Waals surface area (Å²) in [5, 5.41) is 0. The van der Waals surface area contributed by atoms with E-state index in [1.807, 2.05) is 0 Å². The summed E-state index contributed by atoms with van der Waals surface area (Å²) in [6.45, 7) is 26.6. The van der Waals surface area contributed by atoms with Gasteiger partial charge in [-0.3, -0.25) is 4.79 Å². The first-order valence-electron chi connectivity index (χ1n) is 9.85. The van der Waals surface area contributed by atoms with Crippen LogP contribution in [0.25, 0.3) is 0 Å². The summed E-state index contributed by atoms with van der Waals surface area (Å²) >= 11 is 1.70. The number of rotatable bonds is 8. The van der Waals surface area contributed by atoms with E-state index < -0.39 is 5.41 Å². The van der Waals surface area contributed by atoms with Crippen molar-refractivity contribution in [2.24, 2.45) is 33.5 Å². The van der Waals surface area contributed by atoms with Crippen molar-refractivity contribution in [1.82, 2.24) is 4.31 Å². The minimum absolute atomic E-state index is 0.0166. The van der Waals surface area contributed by atoms with E-state index in [1.54, 1.807) is 11.9 Å². The van der Waals surface area contributed by atoms with E-state index >= 15 is 0 Å². The summed E-state index contributed by atoms with van der Waals surface area (Å²) in [7, 11) is 2.07. The van der Waals surface area contributed by atoms with Crippen LogP contribution >= 0.6 is 11.9 Å². The van der Waals surface area contributed by atoms with Gasteiger partial charge in [0.2, 0.25) is 0 Å². The van der Waals surface area contributed by atoms with E-state index in [4.69, 9.17) is 0 Å².